The largest absolute Gasteiger partial charge is 0.477 e. The number of rotatable bonds is 7. The molecule has 9 nitrogen and oxygen atoms in total. The quantitative estimate of drug-likeness (QED) is 0.398. The fraction of sp³-hybridized carbons (Fsp3) is 0.292. The highest BCUT2D eigenvalue weighted by Gasteiger charge is 2.19. The van der Waals surface area contributed by atoms with Crippen LogP contribution in [0.5, 0.6) is 5.88 Å². The lowest BCUT2D eigenvalue weighted by Gasteiger charge is -2.15. The highest BCUT2D eigenvalue weighted by atomic mass is 16.5. The number of aryl methyl sites for hydroxylation is 1. The standard InChI is InChI=1S/C24H26N8O/c1-5-33-24-18(9-7-11-25-24)19-12-20(23-22(29-19)16(4)30-31(23)15(2)3)26-13-17-8-6-10-21-27-14-28-32(17)21/h6-12,14-15H,5,13H2,1-4H3,(H,26,29). The van der Waals surface area contributed by atoms with Crippen molar-refractivity contribution >= 4 is 22.4 Å². The van der Waals surface area contributed by atoms with Crippen molar-refractivity contribution in [3.63, 3.8) is 0 Å². The summed E-state index contributed by atoms with van der Waals surface area (Å²) in [4.78, 5) is 13.7. The second-order valence-corrected chi connectivity index (χ2v) is 8.07. The third-order valence-corrected chi connectivity index (χ3v) is 5.48. The first kappa shape index (κ1) is 20.9. The number of pyridine rings is 3. The molecule has 0 fully saturated rings. The van der Waals surface area contributed by atoms with Crippen molar-refractivity contribution < 1.29 is 4.74 Å². The molecule has 168 valence electrons. The number of fused-ring (bicyclic) bond motifs is 2. The van der Waals surface area contributed by atoms with Crippen molar-refractivity contribution in [3.05, 3.63) is 60.3 Å². The van der Waals surface area contributed by atoms with Crippen molar-refractivity contribution in [2.75, 3.05) is 11.9 Å². The van der Waals surface area contributed by atoms with Crippen LogP contribution < -0.4 is 10.1 Å². The Morgan fingerprint density at radius 3 is 2.82 bits per heavy atom. The van der Waals surface area contributed by atoms with E-state index in [-0.39, 0.29) is 6.04 Å². The molecule has 1 N–H and O–H groups in total. The minimum atomic E-state index is 0.186. The van der Waals surface area contributed by atoms with Crippen molar-refractivity contribution in [1.29, 1.82) is 0 Å². The molecule has 0 aliphatic rings. The molecule has 0 saturated heterocycles. The van der Waals surface area contributed by atoms with E-state index in [0.29, 0.717) is 19.0 Å². The fourth-order valence-corrected chi connectivity index (χ4v) is 3.99. The Kier molecular flexibility index (Phi) is 5.37. The normalized spacial score (nSPS) is 11.5. The van der Waals surface area contributed by atoms with Crippen LogP contribution in [0.2, 0.25) is 0 Å². The number of ether oxygens (including phenoxy) is 1. The summed E-state index contributed by atoms with van der Waals surface area (Å²) in [6, 6.07) is 12.1. The molecule has 0 aliphatic carbocycles. The van der Waals surface area contributed by atoms with Crippen molar-refractivity contribution in [1.82, 2.24) is 34.3 Å². The van der Waals surface area contributed by atoms with E-state index in [0.717, 1.165) is 45.0 Å². The highest BCUT2D eigenvalue weighted by molar-refractivity contribution is 5.93. The van der Waals surface area contributed by atoms with E-state index in [9.17, 15) is 0 Å². The van der Waals surface area contributed by atoms with E-state index < -0.39 is 0 Å². The van der Waals surface area contributed by atoms with Gasteiger partial charge in [0.1, 0.15) is 17.4 Å². The van der Waals surface area contributed by atoms with E-state index in [1.807, 2.05) is 59.4 Å². The monoisotopic (exact) mass is 442 g/mol. The summed E-state index contributed by atoms with van der Waals surface area (Å²) >= 11 is 0. The zero-order valence-electron chi connectivity index (χ0n) is 19.1. The summed E-state index contributed by atoms with van der Waals surface area (Å²) in [6.45, 7) is 9.27. The van der Waals surface area contributed by atoms with Gasteiger partial charge in [0.25, 0.3) is 0 Å². The Morgan fingerprint density at radius 1 is 1.12 bits per heavy atom. The number of nitrogens with one attached hydrogen (secondary N) is 1. The second kappa shape index (κ2) is 8.50. The Morgan fingerprint density at radius 2 is 2.00 bits per heavy atom. The van der Waals surface area contributed by atoms with Crippen molar-refractivity contribution in [3.8, 4) is 17.1 Å². The van der Waals surface area contributed by atoms with E-state index >= 15 is 0 Å². The molecule has 0 unspecified atom stereocenters. The molecule has 5 aromatic heterocycles. The molecule has 0 aliphatic heterocycles. The summed E-state index contributed by atoms with van der Waals surface area (Å²) < 4.78 is 9.63. The molecule has 33 heavy (non-hydrogen) atoms. The predicted molar refractivity (Wildman–Crippen MR) is 127 cm³/mol. The Balaban J connectivity index is 1.65. The van der Waals surface area contributed by atoms with Crippen LogP contribution in [-0.4, -0.2) is 41.0 Å². The molecular weight excluding hydrogens is 416 g/mol. The van der Waals surface area contributed by atoms with Gasteiger partial charge in [-0.05, 0) is 58.0 Å². The van der Waals surface area contributed by atoms with Gasteiger partial charge in [-0.3, -0.25) is 4.68 Å². The van der Waals surface area contributed by atoms with E-state index in [1.54, 1.807) is 12.5 Å². The molecule has 0 radical (unpaired) electrons. The molecule has 9 heteroatoms. The highest BCUT2D eigenvalue weighted by Crippen LogP contribution is 2.34. The third kappa shape index (κ3) is 3.75. The van der Waals surface area contributed by atoms with Crippen LogP contribution in [-0.2, 0) is 6.54 Å². The maximum atomic E-state index is 5.77. The number of hydrogen-bond acceptors (Lipinski definition) is 7. The average Bonchev–Trinajstić information content (AvgIpc) is 3.43. The molecule has 0 aromatic carbocycles. The topological polar surface area (TPSA) is 95.1 Å². The lowest BCUT2D eigenvalue weighted by molar-refractivity contribution is 0.328. The lowest BCUT2D eigenvalue weighted by Crippen LogP contribution is -2.09. The number of anilines is 1. The number of aromatic nitrogens is 7. The van der Waals surface area contributed by atoms with Gasteiger partial charge < -0.3 is 10.1 Å². The second-order valence-electron chi connectivity index (χ2n) is 8.07. The number of hydrogen-bond donors (Lipinski definition) is 1. The van der Waals surface area contributed by atoms with Crippen LogP contribution in [0.25, 0.3) is 27.9 Å². The summed E-state index contributed by atoms with van der Waals surface area (Å²) in [5.41, 5.74) is 7.09. The first-order valence-electron chi connectivity index (χ1n) is 11.1. The van der Waals surface area contributed by atoms with Gasteiger partial charge in [-0.2, -0.15) is 10.2 Å². The zero-order chi connectivity index (χ0) is 22.9. The maximum Gasteiger partial charge on any atom is 0.222 e. The molecule has 0 spiro atoms. The maximum absolute atomic E-state index is 5.77. The minimum absolute atomic E-state index is 0.186. The predicted octanol–water partition coefficient (Wildman–Crippen LogP) is 4.44. The van der Waals surface area contributed by atoms with Crippen LogP contribution >= 0.6 is 0 Å². The van der Waals surface area contributed by atoms with Crippen molar-refractivity contribution in [2.45, 2.75) is 40.3 Å². The van der Waals surface area contributed by atoms with Gasteiger partial charge in [0.05, 0.1) is 41.5 Å². The molecule has 0 saturated carbocycles. The van der Waals surface area contributed by atoms with Crippen LogP contribution in [0.4, 0.5) is 5.69 Å². The van der Waals surface area contributed by atoms with Gasteiger partial charge in [0, 0.05) is 12.2 Å². The molecule has 5 aromatic rings. The van der Waals surface area contributed by atoms with Crippen LogP contribution in [0.3, 0.4) is 0 Å². The van der Waals surface area contributed by atoms with Gasteiger partial charge in [-0.1, -0.05) is 6.07 Å². The van der Waals surface area contributed by atoms with Gasteiger partial charge >= 0.3 is 0 Å². The third-order valence-electron chi connectivity index (χ3n) is 5.48. The molecular formula is C24H26N8O. The fourth-order valence-electron chi connectivity index (χ4n) is 3.99. The van der Waals surface area contributed by atoms with E-state index in [1.165, 1.54) is 0 Å². The SMILES string of the molecule is CCOc1ncccc1-c1cc(NCc2cccc3ncnn23)c2c(n1)c(C)nn2C(C)C. The Labute approximate surface area is 191 Å². The van der Waals surface area contributed by atoms with Crippen LogP contribution in [0.15, 0.2) is 48.9 Å². The van der Waals surface area contributed by atoms with Gasteiger partial charge in [-0.15, -0.1) is 0 Å². The van der Waals surface area contributed by atoms with Gasteiger partial charge in [0.2, 0.25) is 5.88 Å². The lowest BCUT2D eigenvalue weighted by atomic mass is 10.1. The van der Waals surface area contributed by atoms with Crippen LogP contribution in [0.1, 0.15) is 38.2 Å². The summed E-state index contributed by atoms with van der Waals surface area (Å²) in [5.74, 6) is 0.569. The molecule has 0 atom stereocenters. The summed E-state index contributed by atoms with van der Waals surface area (Å²) in [5, 5.41) is 12.7. The number of nitrogens with zero attached hydrogens (tertiary/aromatic N) is 7. The average molecular weight is 443 g/mol. The molecule has 0 bridgehead atoms. The summed E-state index contributed by atoms with van der Waals surface area (Å²) in [6.07, 6.45) is 3.30. The van der Waals surface area contributed by atoms with Gasteiger partial charge in [0.15, 0.2) is 5.65 Å². The van der Waals surface area contributed by atoms with Crippen molar-refractivity contribution in [2.24, 2.45) is 0 Å². The molecule has 5 heterocycles. The Hall–Kier alpha value is -4.01. The molecule has 5 rings (SSSR count). The first-order valence-corrected chi connectivity index (χ1v) is 11.1. The zero-order valence-corrected chi connectivity index (χ0v) is 19.1. The van der Waals surface area contributed by atoms with Crippen LogP contribution in [0, 0.1) is 6.92 Å². The Bertz CT molecular complexity index is 1440. The first-order chi connectivity index (χ1) is 16.1. The smallest absolute Gasteiger partial charge is 0.222 e. The van der Waals surface area contributed by atoms with E-state index in [2.05, 4.69) is 34.2 Å². The van der Waals surface area contributed by atoms with Gasteiger partial charge in [-0.25, -0.2) is 19.5 Å². The van der Waals surface area contributed by atoms with E-state index in [4.69, 9.17) is 14.8 Å². The minimum Gasteiger partial charge on any atom is -0.477 e. The molecule has 0 amide bonds. The summed E-state index contributed by atoms with van der Waals surface area (Å²) in [7, 11) is 0.